The Kier molecular flexibility index (Phi) is 9.11. The first-order valence-corrected chi connectivity index (χ1v) is 8.96. The average molecular weight is 378 g/mol. The number of aldehydes is 1. The quantitative estimate of drug-likeness (QED) is 0.508. The molecule has 0 aliphatic heterocycles. The van der Waals surface area contributed by atoms with Gasteiger partial charge in [0.1, 0.15) is 18.4 Å². The van der Waals surface area contributed by atoms with Gasteiger partial charge < -0.3 is 25.3 Å². The van der Waals surface area contributed by atoms with E-state index in [0.29, 0.717) is 12.8 Å². The van der Waals surface area contributed by atoms with Crippen LogP contribution in [0.15, 0.2) is 30.3 Å². The summed E-state index contributed by atoms with van der Waals surface area (Å²) in [5.74, 6) is -1.63. The van der Waals surface area contributed by atoms with Gasteiger partial charge in [-0.15, -0.1) is 0 Å². The standard InChI is InChI=1S/C20H30N2O5/c1-20(2,3)10-11-21-15(12-17(24)25)19(26)22-16(13-23)18(27-4)14-8-6-5-7-9-14/h5-9,13,15-16,18,21H,10-12H2,1-4H3,(H,22,26)(H,24,25)/t15-,16+,18?/m0/s1. The number of hydrogen-bond donors (Lipinski definition) is 3. The third-order valence-corrected chi connectivity index (χ3v) is 4.12. The first-order chi connectivity index (χ1) is 12.7. The maximum absolute atomic E-state index is 12.6. The predicted octanol–water partition coefficient (Wildman–Crippen LogP) is 1.93. The molecule has 0 fully saturated rings. The van der Waals surface area contributed by atoms with Crippen LogP contribution in [0.25, 0.3) is 0 Å². The highest BCUT2D eigenvalue weighted by Crippen LogP contribution is 2.20. The minimum absolute atomic E-state index is 0.0526. The molecule has 7 nitrogen and oxygen atoms in total. The summed E-state index contributed by atoms with van der Waals surface area (Å²) in [5.41, 5.74) is 0.796. The fourth-order valence-electron chi connectivity index (χ4n) is 2.63. The summed E-state index contributed by atoms with van der Waals surface area (Å²) in [5, 5.41) is 14.7. The Hall–Kier alpha value is -2.25. The molecule has 1 amide bonds. The van der Waals surface area contributed by atoms with E-state index in [1.807, 2.05) is 18.2 Å². The second-order valence-corrected chi connectivity index (χ2v) is 7.65. The number of rotatable bonds is 11. The Morgan fingerprint density at radius 2 is 1.85 bits per heavy atom. The zero-order valence-electron chi connectivity index (χ0n) is 16.4. The van der Waals surface area contributed by atoms with E-state index in [4.69, 9.17) is 9.84 Å². The molecule has 0 heterocycles. The van der Waals surface area contributed by atoms with Gasteiger partial charge in [-0.25, -0.2) is 0 Å². The molecule has 0 aromatic heterocycles. The van der Waals surface area contributed by atoms with Crippen molar-refractivity contribution in [1.29, 1.82) is 0 Å². The van der Waals surface area contributed by atoms with Crippen LogP contribution in [0.2, 0.25) is 0 Å². The molecule has 0 aliphatic rings. The van der Waals surface area contributed by atoms with Crippen LogP contribution in [-0.4, -0.2) is 49.0 Å². The number of nitrogens with one attached hydrogen (secondary N) is 2. The summed E-state index contributed by atoms with van der Waals surface area (Å²) < 4.78 is 5.39. The zero-order valence-corrected chi connectivity index (χ0v) is 16.4. The molecule has 7 heteroatoms. The van der Waals surface area contributed by atoms with E-state index >= 15 is 0 Å². The van der Waals surface area contributed by atoms with Gasteiger partial charge in [0.2, 0.25) is 5.91 Å². The molecule has 1 aromatic rings. The van der Waals surface area contributed by atoms with Gasteiger partial charge in [0.05, 0.1) is 12.5 Å². The van der Waals surface area contributed by atoms with Crippen molar-refractivity contribution in [3.8, 4) is 0 Å². The summed E-state index contributed by atoms with van der Waals surface area (Å²) in [6.45, 7) is 6.68. The molecular formula is C20H30N2O5. The van der Waals surface area contributed by atoms with Gasteiger partial charge in [-0.2, -0.15) is 0 Å². The van der Waals surface area contributed by atoms with Crippen LogP contribution in [0.3, 0.4) is 0 Å². The van der Waals surface area contributed by atoms with Crippen LogP contribution in [0.5, 0.6) is 0 Å². The molecule has 0 saturated carbocycles. The van der Waals surface area contributed by atoms with Gasteiger partial charge in [0.25, 0.3) is 0 Å². The lowest BCUT2D eigenvalue weighted by Gasteiger charge is -2.26. The summed E-state index contributed by atoms with van der Waals surface area (Å²) in [4.78, 5) is 35.3. The molecule has 3 N–H and O–H groups in total. The topological polar surface area (TPSA) is 105 Å². The fraction of sp³-hybridized carbons (Fsp3) is 0.550. The number of benzene rings is 1. The van der Waals surface area contributed by atoms with Gasteiger partial charge in [-0.05, 0) is 23.9 Å². The number of aliphatic carboxylic acids is 1. The molecule has 1 rings (SSSR count). The highest BCUT2D eigenvalue weighted by atomic mass is 16.5. The molecule has 3 atom stereocenters. The zero-order chi connectivity index (χ0) is 20.4. The molecular weight excluding hydrogens is 348 g/mol. The van der Waals surface area contributed by atoms with Crippen LogP contribution >= 0.6 is 0 Å². The smallest absolute Gasteiger partial charge is 0.305 e. The van der Waals surface area contributed by atoms with Gasteiger partial charge >= 0.3 is 5.97 Å². The fourth-order valence-corrected chi connectivity index (χ4v) is 2.63. The lowest BCUT2D eigenvalue weighted by molar-refractivity contribution is -0.140. The Balaban J connectivity index is 2.83. The maximum atomic E-state index is 12.6. The third kappa shape index (κ3) is 8.32. The van der Waals surface area contributed by atoms with Crippen molar-refractivity contribution in [2.75, 3.05) is 13.7 Å². The van der Waals surface area contributed by atoms with E-state index < -0.39 is 30.1 Å². The largest absolute Gasteiger partial charge is 0.481 e. The van der Waals surface area contributed by atoms with Crippen molar-refractivity contribution in [1.82, 2.24) is 10.6 Å². The molecule has 150 valence electrons. The van der Waals surface area contributed by atoms with Crippen LogP contribution in [0, 0.1) is 5.41 Å². The van der Waals surface area contributed by atoms with Crippen molar-refractivity contribution in [2.24, 2.45) is 5.41 Å². The molecule has 0 aliphatic carbocycles. The number of hydrogen-bond acceptors (Lipinski definition) is 5. The Bertz CT molecular complexity index is 613. The molecule has 1 aromatic carbocycles. The second kappa shape index (κ2) is 10.8. The molecule has 0 spiro atoms. The number of carboxylic acids is 1. The number of carbonyl (C=O) groups is 3. The summed E-state index contributed by atoms with van der Waals surface area (Å²) in [6.07, 6.45) is 0.349. The third-order valence-electron chi connectivity index (χ3n) is 4.12. The Morgan fingerprint density at radius 1 is 1.22 bits per heavy atom. The van der Waals surface area contributed by atoms with Crippen molar-refractivity contribution < 1.29 is 24.2 Å². The molecule has 0 radical (unpaired) electrons. The van der Waals surface area contributed by atoms with Gasteiger partial charge in [-0.3, -0.25) is 9.59 Å². The summed E-state index contributed by atoms with van der Waals surface area (Å²) in [6, 6.07) is 7.21. The minimum Gasteiger partial charge on any atom is -0.481 e. The van der Waals surface area contributed by atoms with Gasteiger partial charge in [-0.1, -0.05) is 51.1 Å². The minimum atomic E-state index is -1.09. The van der Waals surface area contributed by atoms with Crippen molar-refractivity contribution in [3.63, 3.8) is 0 Å². The van der Waals surface area contributed by atoms with Crippen molar-refractivity contribution >= 4 is 18.2 Å². The monoisotopic (exact) mass is 378 g/mol. The highest BCUT2D eigenvalue weighted by Gasteiger charge is 2.29. The SMILES string of the molecule is COC(c1ccccc1)[C@@H](C=O)NC(=O)[C@H](CC(=O)O)NCCC(C)(C)C. The number of amides is 1. The normalized spacial score (nSPS) is 14.8. The lowest BCUT2D eigenvalue weighted by Crippen LogP contribution is -2.51. The van der Waals surface area contributed by atoms with E-state index in [2.05, 4.69) is 31.4 Å². The first kappa shape index (κ1) is 22.8. The lowest BCUT2D eigenvalue weighted by atomic mass is 9.92. The van der Waals surface area contributed by atoms with E-state index in [9.17, 15) is 14.4 Å². The summed E-state index contributed by atoms with van der Waals surface area (Å²) >= 11 is 0. The van der Waals surface area contributed by atoms with Crippen molar-refractivity contribution in [2.45, 2.75) is 51.8 Å². The summed E-state index contributed by atoms with van der Waals surface area (Å²) in [7, 11) is 1.45. The molecule has 1 unspecified atom stereocenters. The van der Waals surface area contributed by atoms with E-state index in [0.717, 1.165) is 12.0 Å². The highest BCUT2D eigenvalue weighted by molar-refractivity contribution is 5.88. The number of carboxylic acid groups (broad SMARTS) is 1. The number of methoxy groups -OCH3 is 1. The van der Waals surface area contributed by atoms with Crippen LogP contribution in [0.4, 0.5) is 0 Å². The first-order valence-electron chi connectivity index (χ1n) is 8.96. The maximum Gasteiger partial charge on any atom is 0.305 e. The van der Waals surface area contributed by atoms with Crippen LogP contribution in [0.1, 0.15) is 45.3 Å². The van der Waals surface area contributed by atoms with Crippen LogP contribution < -0.4 is 10.6 Å². The van der Waals surface area contributed by atoms with Crippen LogP contribution in [-0.2, 0) is 19.1 Å². The van der Waals surface area contributed by atoms with Gasteiger partial charge in [0.15, 0.2) is 0 Å². The van der Waals surface area contributed by atoms with Crippen molar-refractivity contribution in [3.05, 3.63) is 35.9 Å². The van der Waals surface area contributed by atoms with E-state index in [-0.39, 0.29) is 11.8 Å². The molecule has 0 bridgehead atoms. The van der Waals surface area contributed by atoms with Gasteiger partial charge in [0, 0.05) is 7.11 Å². The Morgan fingerprint density at radius 3 is 2.33 bits per heavy atom. The van der Waals surface area contributed by atoms with E-state index in [1.165, 1.54) is 7.11 Å². The molecule has 27 heavy (non-hydrogen) atoms. The average Bonchev–Trinajstić information content (AvgIpc) is 2.60. The number of ether oxygens (including phenoxy) is 1. The van der Waals surface area contributed by atoms with E-state index in [1.54, 1.807) is 12.1 Å². The molecule has 0 saturated heterocycles. The predicted molar refractivity (Wildman–Crippen MR) is 102 cm³/mol. The Labute approximate surface area is 160 Å². The second-order valence-electron chi connectivity index (χ2n) is 7.65. The number of carbonyl (C=O) groups excluding carboxylic acids is 2.